The van der Waals surface area contributed by atoms with Crippen molar-refractivity contribution in [1.82, 2.24) is 4.57 Å². The molecule has 0 amide bonds. The van der Waals surface area contributed by atoms with E-state index >= 15 is 0 Å². The first kappa shape index (κ1) is 13.0. The molecule has 96 valence electrons. The highest BCUT2D eigenvalue weighted by atomic mass is 35.5. The van der Waals surface area contributed by atoms with E-state index in [0.717, 1.165) is 0 Å². The summed E-state index contributed by atoms with van der Waals surface area (Å²) in [6.45, 7) is 4.80. The monoisotopic (exact) mass is 266 g/mol. The summed E-state index contributed by atoms with van der Waals surface area (Å²) in [5.41, 5.74) is 4.32. The molecule has 0 aliphatic heterocycles. The van der Waals surface area contributed by atoms with E-state index in [2.05, 4.69) is 29.8 Å². The van der Waals surface area contributed by atoms with Gasteiger partial charge in [0.15, 0.2) is 0 Å². The van der Waals surface area contributed by atoms with E-state index in [1.165, 1.54) is 29.1 Å². The number of hydrogen-bond acceptors (Lipinski definition) is 1. The predicted octanol–water partition coefficient (Wildman–Crippen LogP) is 4.05. The van der Waals surface area contributed by atoms with Crippen molar-refractivity contribution in [1.29, 1.82) is 0 Å². The Morgan fingerprint density at radius 3 is 2.50 bits per heavy atom. The maximum atomic E-state index is 13.2. The van der Waals surface area contributed by atoms with Gasteiger partial charge in [0.25, 0.3) is 0 Å². The Morgan fingerprint density at radius 2 is 1.94 bits per heavy atom. The normalized spacial score (nSPS) is 10.7. The van der Waals surface area contributed by atoms with Crippen LogP contribution in [-0.2, 0) is 13.6 Å². The Labute approximate surface area is 111 Å². The van der Waals surface area contributed by atoms with Gasteiger partial charge in [-0.05, 0) is 43.7 Å². The van der Waals surface area contributed by atoms with Crippen LogP contribution in [0.3, 0.4) is 0 Å². The van der Waals surface area contributed by atoms with Gasteiger partial charge in [0, 0.05) is 35.7 Å². The number of hydrogen-bond donors (Lipinski definition) is 1. The lowest BCUT2D eigenvalue weighted by Crippen LogP contribution is -2.01. The van der Waals surface area contributed by atoms with Gasteiger partial charge in [0.2, 0.25) is 0 Å². The zero-order valence-electron chi connectivity index (χ0n) is 10.7. The molecule has 2 aromatic rings. The van der Waals surface area contributed by atoms with Crippen LogP contribution in [-0.4, -0.2) is 4.57 Å². The highest BCUT2D eigenvalue weighted by molar-refractivity contribution is 6.30. The molecule has 2 rings (SSSR count). The summed E-state index contributed by atoms with van der Waals surface area (Å²) in [7, 11) is 2.03. The van der Waals surface area contributed by atoms with Gasteiger partial charge in [0.05, 0.1) is 0 Å². The van der Waals surface area contributed by atoms with Crippen LogP contribution >= 0.6 is 11.6 Å². The number of rotatable bonds is 3. The summed E-state index contributed by atoms with van der Waals surface area (Å²) in [6.07, 6.45) is 0. The fourth-order valence-electron chi connectivity index (χ4n) is 1.97. The molecule has 0 unspecified atom stereocenters. The molecule has 0 saturated heterocycles. The summed E-state index contributed by atoms with van der Waals surface area (Å²) >= 11 is 5.81. The van der Waals surface area contributed by atoms with Crippen molar-refractivity contribution in [3.8, 4) is 0 Å². The molecule has 0 aliphatic rings. The van der Waals surface area contributed by atoms with Crippen LogP contribution in [0.4, 0.5) is 10.1 Å². The minimum atomic E-state index is -0.328. The summed E-state index contributed by atoms with van der Waals surface area (Å²) < 4.78 is 15.3. The van der Waals surface area contributed by atoms with Gasteiger partial charge in [-0.3, -0.25) is 0 Å². The van der Waals surface area contributed by atoms with Crippen molar-refractivity contribution < 1.29 is 4.39 Å². The third kappa shape index (κ3) is 2.67. The van der Waals surface area contributed by atoms with Gasteiger partial charge in [-0.25, -0.2) is 4.39 Å². The number of aromatic nitrogens is 1. The molecule has 0 aliphatic carbocycles. The Morgan fingerprint density at radius 1 is 1.22 bits per heavy atom. The second-order valence-corrected chi connectivity index (χ2v) is 4.90. The number of nitrogens with one attached hydrogen (secondary N) is 1. The van der Waals surface area contributed by atoms with Crippen molar-refractivity contribution in [2.75, 3.05) is 5.32 Å². The molecule has 1 aromatic carbocycles. The molecule has 0 spiro atoms. The van der Waals surface area contributed by atoms with Crippen LogP contribution in [0.25, 0.3) is 0 Å². The highest BCUT2D eigenvalue weighted by Crippen LogP contribution is 2.20. The lowest BCUT2D eigenvalue weighted by atomic mass is 10.2. The molecular weight excluding hydrogens is 251 g/mol. The van der Waals surface area contributed by atoms with E-state index in [1.807, 2.05) is 7.05 Å². The smallest absolute Gasteiger partial charge is 0.126 e. The molecular formula is C14H16ClFN2. The average Bonchev–Trinajstić information content (AvgIpc) is 2.53. The molecule has 0 atom stereocenters. The second kappa shape index (κ2) is 5.02. The third-order valence-electron chi connectivity index (χ3n) is 3.23. The lowest BCUT2D eigenvalue weighted by Gasteiger charge is -2.07. The molecule has 0 radical (unpaired) electrons. The number of benzene rings is 1. The number of nitrogens with zero attached hydrogens (tertiary/aromatic N) is 1. The van der Waals surface area contributed by atoms with E-state index in [9.17, 15) is 4.39 Å². The first-order valence-corrected chi connectivity index (χ1v) is 6.17. The molecule has 0 fully saturated rings. The molecule has 0 bridgehead atoms. The van der Waals surface area contributed by atoms with Crippen LogP contribution in [0.5, 0.6) is 0 Å². The maximum absolute atomic E-state index is 13.2. The molecule has 0 saturated carbocycles. The Balaban J connectivity index is 2.13. The van der Waals surface area contributed by atoms with Gasteiger partial charge >= 0.3 is 0 Å². The van der Waals surface area contributed by atoms with Gasteiger partial charge < -0.3 is 9.88 Å². The molecule has 18 heavy (non-hydrogen) atoms. The molecule has 1 heterocycles. The van der Waals surface area contributed by atoms with Crippen molar-refractivity contribution in [3.05, 3.63) is 52.1 Å². The zero-order chi connectivity index (χ0) is 13.3. The standard InChI is InChI=1S/C14H16ClFN2/c1-9-4-11(10(2)18(9)3)8-17-14-6-12(15)5-13(16)7-14/h4-7,17H,8H2,1-3H3. The Kier molecular flexibility index (Phi) is 3.62. The summed E-state index contributed by atoms with van der Waals surface area (Å²) in [4.78, 5) is 0. The highest BCUT2D eigenvalue weighted by Gasteiger charge is 2.06. The van der Waals surface area contributed by atoms with Crippen LogP contribution in [0, 0.1) is 19.7 Å². The summed E-state index contributed by atoms with van der Waals surface area (Å²) in [5.74, 6) is -0.328. The average molecular weight is 267 g/mol. The van der Waals surface area contributed by atoms with Crippen molar-refractivity contribution in [2.24, 2.45) is 7.05 Å². The fraction of sp³-hybridized carbons (Fsp3) is 0.286. The quantitative estimate of drug-likeness (QED) is 0.887. The fourth-order valence-corrected chi connectivity index (χ4v) is 2.19. The molecule has 1 N–H and O–H groups in total. The Hall–Kier alpha value is -1.48. The van der Waals surface area contributed by atoms with Crippen molar-refractivity contribution in [2.45, 2.75) is 20.4 Å². The SMILES string of the molecule is Cc1cc(CNc2cc(F)cc(Cl)c2)c(C)n1C. The number of aryl methyl sites for hydroxylation is 1. The van der Waals surface area contributed by atoms with Crippen molar-refractivity contribution in [3.63, 3.8) is 0 Å². The predicted molar refractivity (Wildman–Crippen MR) is 73.6 cm³/mol. The van der Waals surface area contributed by atoms with E-state index in [1.54, 1.807) is 6.07 Å². The minimum Gasteiger partial charge on any atom is -0.381 e. The molecule has 4 heteroatoms. The lowest BCUT2D eigenvalue weighted by molar-refractivity contribution is 0.628. The zero-order valence-corrected chi connectivity index (χ0v) is 11.5. The number of anilines is 1. The first-order valence-electron chi connectivity index (χ1n) is 5.79. The van der Waals surface area contributed by atoms with Gasteiger partial charge in [-0.1, -0.05) is 11.6 Å². The van der Waals surface area contributed by atoms with Gasteiger partial charge in [-0.15, -0.1) is 0 Å². The maximum Gasteiger partial charge on any atom is 0.126 e. The van der Waals surface area contributed by atoms with Crippen LogP contribution in [0.1, 0.15) is 17.0 Å². The first-order chi connectivity index (χ1) is 8.47. The van der Waals surface area contributed by atoms with E-state index in [-0.39, 0.29) is 5.82 Å². The topological polar surface area (TPSA) is 17.0 Å². The van der Waals surface area contributed by atoms with Crippen LogP contribution < -0.4 is 5.32 Å². The largest absolute Gasteiger partial charge is 0.381 e. The third-order valence-corrected chi connectivity index (χ3v) is 3.44. The second-order valence-electron chi connectivity index (χ2n) is 4.47. The van der Waals surface area contributed by atoms with Crippen molar-refractivity contribution >= 4 is 17.3 Å². The summed E-state index contributed by atoms with van der Waals surface area (Å²) in [6, 6.07) is 6.58. The van der Waals surface area contributed by atoms with Crippen LogP contribution in [0.15, 0.2) is 24.3 Å². The Bertz CT molecular complexity index is 555. The molecule has 1 aromatic heterocycles. The number of halogens is 2. The van der Waals surface area contributed by atoms with E-state index in [4.69, 9.17) is 11.6 Å². The van der Waals surface area contributed by atoms with E-state index in [0.29, 0.717) is 17.3 Å². The van der Waals surface area contributed by atoms with Gasteiger partial charge in [-0.2, -0.15) is 0 Å². The van der Waals surface area contributed by atoms with E-state index < -0.39 is 0 Å². The van der Waals surface area contributed by atoms with Crippen LogP contribution in [0.2, 0.25) is 5.02 Å². The van der Waals surface area contributed by atoms with Gasteiger partial charge in [0.1, 0.15) is 5.82 Å². The molecule has 2 nitrogen and oxygen atoms in total. The minimum absolute atomic E-state index is 0.328. The summed E-state index contributed by atoms with van der Waals surface area (Å²) in [5, 5.41) is 3.59.